The van der Waals surface area contributed by atoms with Crippen LogP contribution in [0.25, 0.3) is 6.08 Å². The molecule has 0 unspecified atom stereocenters. The van der Waals surface area contributed by atoms with E-state index in [-0.39, 0.29) is 11.6 Å². The molecular formula is C22H17FN2O. The van der Waals surface area contributed by atoms with Gasteiger partial charge in [-0.3, -0.25) is 0 Å². The van der Waals surface area contributed by atoms with Crippen LogP contribution in [-0.4, -0.2) is 17.0 Å². The summed E-state index contributed by atoms with van der Waals surface area (Å²) in [6, 6.07) is 22.7. The summed E-state index contributed by atoms with van der Waals surface area (Å²) < 4.78 is 13.2. The number of hydrogen-bond acceptors (Lipinski definition) is 3. The van der Waals surface area contributed by atoms with Gasteiger partial charge in [-0.15, -0.1) is 0 Å². The summed E-state index contributed by atoms with van der Waals surface area (Å²) >= 11 is 0. The number of halogens is 1. The zero-order valence-corrected chi connectivity index (χ0v) is 14.0. The van der Waals surface area contributed by atoms with E-state index in [1.54, 1.807) is 36.4 Å². The third kappa shape index (κ3) is 4.74. The normalized spacial score (nSPS) is 12.1. The average molecular weight is 344 g/mol. The van der Waals surface area contributed by atoms with Crippen LogP contribution in [0.4, 0.5) is 4.39 Å². The van der Waals surface area contributed by atoms with Crippen LogP contribution in [0.15, 0.2) is 95.1 Å². The summed E-state index contributed by atoms with van der Waals surface area (Å²) in [6.07, 6.45) is 5.22. The molecule has 3 rings (SSSR count). The topological polar surface area (TPSA) is 45.0 Å². The molecule has 0 radical (unpaired) electrons. The van der Waals surface area contributed by atoms with Crippen molar-refractivity contribution < 1.29 is 9.50 Å². The number of hydrogen-bond donors (Lipinski definition) is 1. The van der Waals surface area contributed by atoms with Gasteiger partial charge in [0.05, 0.1) is 11.9 Å². The van der Waals surface area contributed by atoms with E-state index in [1.807, 2.05) is 42.5 Å². The Morgan fingerprint density at radius 3 is 2.27 bits per heavy atom. The highest BCUT2D eigenvalue weighted by Crippen LogP contribution is 2.13. The highest BCUT2D eigenvalue weighted by Gasteiger charge is 2.01. The van der Waals surface area contributed by atoms with E-state index in [0.29, 0.717) is 11.3 Å². The molecule has 0 amide bonds. The second kappa shape index (κ2) is 8.53. The maximum absolute atomic E-state index is 13.2. The van der Waals surface area contributed by atoms with E-state index < -0.39 is 0 Å². The van der Waals surface area contributed by atoms with Crippen molar-refractivity contribution in [3.8, 4) is 5.75 Å². The van der Waals surface area contributed by atoms with Crippen molar-refractivity contribution >= 4 is 18.0 Å². The number of benzene rings is 3. The SMILES string of the molecule is Oc1ccccc1/C=N/N=C(/C=C/c1ccccc1)c1ccc(F)cc1. The molecule has 3 aromatic carbocycles. The van der Waals surface area contributed by atoms with Crippen LogP contribution in [-0.2, 0) is 0 Å². The van der Waals surface area contributed by atoms with Gasteiger partial charge in [-0.1, -0.05) is 48.5 Å². The fourth-order valence-electron chi connectivity index (χ4n) is 2.30. The second-order valence-electron chi connectivity index (χ2n) is 5.54. The Labute approximate surface area is 151 Å². The van der Waals surface area contributed by atoms with Gasteiger partial charge in [0.15, 0.2) is 0 Å². The summed E-state index contributed by atoms with van der Waals surface area (Å²) in [7, 11) is 0. The first-order chi connectivity index (χ1) is 12.7. The van der Waals surface area contributed by atoms with Gasteiger partial charge in [0.25, 0.3) is 0 Å². The second-order valence-corrected chi connectivity index (χ2v) is 5.54. The van der Waals surface area contributed by atoms with Crippen molar-refractivity contribution in [1.29, 1.82) is 0 Å². The summed E-state index contributed by atoms with van der Waals surface area (Å²) in [5, 5.41) is 18.1. The minimum atomic E-state index is -0.308. The Morgan fingerprint density at radius 2 is 1.54 bits per heavy atom. The molecule has 0 spiro atoms. The van der Waals surface area contributed by atoms with Crippen LogP contribution < -0.4 is 0 Å². The third-order valence-electron chi connectivity index (χ3n) is 3.67. The van der Waals surface area contributed by atoms with E-state index in [9.17, 15) is 9.50 Å². The standard InChI is InChI=1S/C22H17FN2O/c23-20-13-11-18(12-14-20)21(15-10-17-6-2-1-3-7-17)25-24-16-19-8-4-5-9-22(19)26/h1-16,26H/b15-10+,24-16+,25-21-. The van der Waals surface area contributed by atoms with Crippen molar-refractivity contribution in [2.45, 2.75) is 0 Å². The molecule has 0 saturated heterocycles. The number of rotatable bonds is 5. The number of phenols is 1. The predicted octanol–water partition coefficient (Wildman–Crippen LogP) is 5.07. The average Bonchev–Trinajstić information content (AvgIpc) is 2.67. The van der Waals surface area contributed by atoms with Gasteiger partial charge >= 0.3 is 0 Å². The summed E-state index contributed by atoms with van der Waals surface area (Å²) in [4.78, 5) is 0. The van der Waals surface area contributed by atoms with Gasteiger partial charge in [-0.25, -0.2) is 4.39 Å². The molecular weight excluding hydrogens is 327 g/mol. The summed E-state index contributed by atoms with van der Waals surface area (Å²) in [5.74, 6) is -0.174. The minimum Gasteiger partial charge on any atom is -0.507 e. The molecule has 0 fully saturated rings. The van der Waals surface area contributed by atoms with Gasteiger partial charge in [0, 0.05) is 11.1 Å². The molecule has 26 heavy (non-hydrogen) atoms. The van der Waals surface area contributed by atoms with E-state index in [1.165, 1.54) is 18.3 Å². The van der Waals surface area contributed by atoms with Gasteiger partial charge < -0.3 is 5.11 Å². The molecule has 0 aliphatic rings. The van der Waals surface area contributed by atoms with Crippen LogP contribution in [0, 0.1) is 5.82 Å². The van der Waals surface area contributed by atoms with Crippen molar-refractivity contribution in [3.05, 3.63) is 107 Å². The highest BCUT2D eigenvalue weighted by atomic mass is 19.1. The Balaban J connectivity index is 1.90. The van der Waals surface area contributed by atoms with Crippen LogP contribution >= 0.6 is 0 Å². The summed E-state index contributed by atoms with van der Waals surface area (Å²) in [6.45, 7) is 0. The lowest BCUT2D eigenvalue weighted by atomic mass is 10.1. The molecule has 0 aliphatic heterocycles. The predicted molar refractivity (Wildman–Crippen MR) is 104 cm³/mol. The zero-order chi connectivity index (χ0) is 18.2. The molecule has 0 heterocycles. The fourth-order valence-corrected chi connectivity index (χ4v) is 2.30. The minimum absolute atomic E-state index is 0.134. The summed E-state index contributed by atoms with van der Waals surface area (Å²) in [5.41, 5.74) is 2.92. The first-order valence-corrected chi connectivity index (χ1v) is 8.10. The number of allylic oxidation sites excluding steroid dienone is 1. The smallest absolute Gasteiger partial charge is 0.124 e. The van der Waals surface area contributed by atoms with Crippen molar-refractivity contribution in [2.24, 2.45) is 10.2 Å². The molecule has 0 saturated carbocycles. The van der Waals surface area contributed by atoms with Crippen LogP contribution in [0.2, 0.25) is 0 Å². The van der Waals surface area contributed by atoms with Crippen molar-refractivity contribution in [2.75, 3.05) is 0 Å². The molecule has 128 valence electrons. The zero-order valence-electron chi connectivity index (χ0n) is 14.0. The van der Waals surface area contributed by atoms with Gasteiger partial charge in [0.1, 0.15) is 11.6 Å². The third-order valence-corrected chi connectivity index (χ3v) is 3.67. The Bertz CT molecular complexity index is 945. The Hall–Kier alpha value is -3.53. The first-order valence-electron chi connectivity index (χ1n) is 8.10. The first kappa shape index (κ1) is 17.3. The molecule has 0 bridgehead atoms. The fraction of sp³-hybridized carbons (Fsp3) is 0. The molecule has 0 atom stereocenters. The molecule has 4 heteroatoms. The Kier molecular flexibility index (Phi) is 5.68. The largest absolute Gasteiger partial charge is 0.507 e. The van der Waals surface area contributed by atoms with E-state index >= 15 is 0 Å². The monoisotopic (exact) mass is 344 g/mol. The lowest BCUT2D eigenvalue weighted by Crippen LogP contribution is -1.96. The number of nitrogens with zero attached hydrogens (tertiary/aromatic N) is 2. The molecule has 3 aromatic rings. The lowest BCUT2D eigenvalue weighted by molar-refractivity contribution is 0.474. The van der Waals surface area contributed by atoms with Crippen LogP contribution in [0.5, 0.6) is 5.75 Å². The van der Waals surface area contributed by atoms with Gasteiger partial charge in [0.2, 0.25) is 0 Å². The van der Waals surface area contributed by atoms with Crippen LogP contribution in [0.1, 0.15) is 16.7 Å². The lowest BCUT2D eigenvalue weighted by Gasteiger charge is -2.01. The van der Waals surface area contributed by atoms with E-state index in [0.717, 1.165) is 11.1 Å². The molecule has 0 aliphatic carbocycles. The number of para-hydroxylation sites is 1. The molecule has 1 N–H and O–H groups in total. The highest BCUT2D eigenvalue weighted by molar-refractivity contribution is 6.10. The van der Waals surface area contributed by atoms with Crippen molar-refractivity contribution in [3.63, 3.8) is 0 Å². The van der Waals surface area contributed by atoms with Crippen molar-refractivity contribution in [1.82, 2.24) is 0 Å². The molecule has 3 nitrogen and oxygen atoms in total. The quantitative estimate of drug-likeness (QED) is 0.510. The van der Waals surface area contributed by atoms with Gasteiger partial charge in [-0.05, 0) is 48.0 Å². The molecule has 0 aromatic heterocycles. The van der Waals surface area contributed by atoms with Gasteiger partial charge in [-0.2, -0.15) is 10.2 Å². The maximum atomic E-state index is 13.2. The van der Waals surface area contributed by atoms with E-state index in [4.69, 9.17) is 0 Å². The van der Waals surface area contributed by atoms with Crippen LogP contribution in [0.3, 0.4) is 0 Å². The van der Waals surface area contributed by atoms with E-state index in [2.05, 4.69) is 10.2 Å². The number of phenolic OH excluding ortho intramolecular Hbond substituents is 1. The Morgan fingerprint density at radius 1 is 0.846 bits per heavy atom. The maximum Gasteiger partial charge on any atom is 0.124 e. The number of aromatic hydroxyl groups is 1.